The molecule has 13 heteroatoms. The lowest BCUT2D eigenvalue weighted by atomic mass is 9.79. The van der Waals surface area contributed by atoms with Crippen molar-refractivity contribution in [2.45, 2.75) is 103 Å². The van der Waals surface area contributed by atoms with Gasteiger partial charge in [-0.3, -0.25) is 19.2 Å². The Morgan fingerprint density at radius 1 is 1.07 bits per heavy atom. The second-order valence-electron chi connectivity index (χ2n) is 13.1. The molecule has 3 aliphatic rings. The van der Waals surface area contributed by atoms with Gasteiger partial charge >= 0.3 is 12.2 Å². The number of nitrogens with one attached hydrogen (secondary N) is 3. The van der Waals surface area contributed by atoms with Gasteiger partial charge in [-0.1, -0.05) is 66.0 Å². The smallest absolute Gasteiger partial charge is 0.363 e. The molecule has 4 atom stereocenters. The van der Waals surface area contributed by atoms with Crippen molar-refractivity contribution in [3.05, 3.63) is 12.2 Å². The number of rotatable bonds is 10. The molecule has 1 heterocycles. The maximum atomic E-state index is 14.0. The van der Waals surface area contributed by atoms with Crippen molar-refractivity contribution < 1.29 is 37.1 Å². The van der Waals surface area contributed by atoms with Crippen LogP contribution in [0.4, 0.5) is 18.0 Å². The zero-order valence-electron chi connectivity index (χ0n) is 24.3. The summed E-state index contributed by atoms with van der Waals surface area (Å²) in [6.07, 6.45) is -2.21. The zero-order valence-corrected chi connectivity index (χ0v) is 24.3. The third kappa shape index (κ3) is 7.03. The van der Waals surface area contributed by atoms with E-state index in [9.17, 15) is 37.1 Å². The van der Waals surface area contributed by atoms with Crippen molar-refractivity contribution >= 4 is 29.5 Å². The number of nitrogens with zero attached hydrogens (tertiary/aromatic N) is 1. The maximum Gasteiger partial charge on any atom is 0.411 e. The number of hydrogen-bond donors (Lipinski definition) is 4. The Balaban J connectivity index is 1.87. The van der Waals surface area contributed by atoms with E-state index < -0.39 is 70.7 Å². The number of Topliss-reactive ketones (excluding diaryl/α,β-unsaturated/α-hetero) is 1. The summed E-state index contributed by atoms with van der Waals surface area (Å²) in [7, 11) is 0. The fourth-order valence-corrected chi connectivity index (χ4v) is 5.72. The van der Waals surface area contributed by atoms with E-state index in [-0.39, 0.29) is 37.6 Å². The van der Waals surface area contributed by atoms with Gasteiger partial charge < -0.3 is 26.6 Å². The fraction of sp³-hybridized carbons (Fsp3) is 0.750. The highest BCUT2D eigenvalue weighted by atomic mass is 19.4. The van der Waals surface area contributed by atoms with E-state index in [0.717, 1.165) is 19.3 Å². The number of carbonyl (C=O) groups excluding carboxylic acids is 5. The van der Waals surface area contributed by atoms with Crippen LogP contribution >= 0.6 is 0 Å². The molecule has 0 aromatic carbocycles. The normalized spacial score (nSPS) is 23.8. The lowest BCUT2D eigenvalue weighted by Gasteiger charge is -2.37. The summed E-state index contributed by atoms with van der Waals surface area (Å²) in [5.74, 6) is -3.95. The summed E-state index contributed by atoms with van der Waals surface area (Å²) in [5.41, 5.74) is 2.56. The summed E-state index contributed by atoms with van der Waals surface area (Å²) in [6, 6.07) is -4.71. The van der Waals surface area contributed by atoms with Crippen molar-refractivity contribution in [2.24, 2.45) is 28.9 Å². The Bertz CT molecular complexity index is 1090. The molecule has 1 aliphatic heterocycles. The minimum atomic E-state index is -4.63. The van der Waals surface area contributed by atoms with Crippen LogP contribution in [0, 0.1) is 23.2 Å². The Morgan fingerprint density at radius 2 is 1.66 bits per heavy atom. The molecule has 2 unspecified atom stereocenters. The minimum absolute atomic E-state index is 0.0286. The molecule has 5 amide bonds. The van der Waals surface area contributed by atoms with E-state index in [1.165, 1.54) is 4.90 Å². The number of urea groups is 1. The number of ketones is 1. The maximum absolute atomic E-state index is 14.0. The number of alkyl halides is 3. The molecule has 10 nitrogen and oxygen atoms in total. The second kappa shape index (κ2) is 11.6. The molecular weight excluding hydrogens is 543 g/mol. The molecule has 2 aliphatic carbocycles. The van der Waals surface area contributed by atoms with Gasteiger partial charge in [-0.25, -0.2) is 4.79 Å². The van der Waals surface area contributed by atoms with Gasteiger partial charge in [0.05, 0.1) is 6.04 Å². The van der Waals surface area contributed by atoms with Crippen molar-refractivity contribution in [2.75, 3.05) is 6.54 Å². The van der Waals surface area contributed by atoms with Crippen LogP contribution in [-0.4, -0.2) is 70.8 Å². The first kappa shape index (κ1) is 32.4. The monoisotopic (exact) mass is 585 g/mol. The Morgan fingerprint density at radius 3 is 2.07 bits per heavy atom. The zero-order chi connectivity index (χ0) is 31.1. The molecule has 230 valence electrons. The molecule has 41 heavy (non-hydrogen) atoms. The Kier molecular flexibility index (Phi) is 9.19. The number of primary amides is 1. The summed E-state index contributed by atoms with van der Waals surface area (Å²) >= 11 is 0. The number of carbonyl (C=O) groups is 5. The number of amides is 5. The molecule has 0 radical (unpaired) electrons. The van der Waals surface area contributed by atoms with E-state index in [2.05, 4.69) is 17.2 Å². The average Bonchev–Trinajstić information content (AvgIpc) is 3.51. The lowest BCUT2D eigenvalue weighted by molar-refractivity contribution is -0.162. The summed E-state index contributed by atoms with van der Waals surface area (Å²) < 4.78 is 40.3. The van der Waals surface area contributed by atoms with Gasteiger partial charge in [0.1, 0.15) is 17.6 Å². The van der Waals surface area contributed by atoms with Crippen molar-refractivity contribution in [1.82, 2.24) is 20.9 Å². The van der Waals surface area contributed by atoms with E-state index in [1.54, 1.807) is 20.8 Å². The largest absolute Gasteiger partial charge is 0.411 e. The first-order chi connectivity index (χ1) is 18.8. The van der Waals surface area contributed by atoms with Crippen molar-refractivity contribution in [3.63, 3.8) is 0 Å². The van der Waals surface area contributed by atoms with E-state index in [0.29, 0.717) is 5.57 Å². The van der Waals surface area contributed by atoms with E-state index in [1.807, 2.05) is 19.2 Å². The molecule has 0 aromatic heterocycles. The summed E-state index contributed by atoms with van der Waals surface area (Å²) in [4.78, 5) is 66.1. The Labute approximate surface area is 238 Å². The van der Waals surface area contributed by atoms with Gasteiger partial charge in [-0.2, -0.15) is 13.2 Å². The summed E-state index contributed by atoms with van der Waals surface area (Å²) in [5, 5.41) is 7.05. The Hall–Kier alpha value is -3.12. The third-order valence-corrected chi connectivity index (χ3v) is 8.49. The highest BCUT2D eigenvalue weighted by Gasteiger charge is 2.64. The van der Waals surface area contributed by atoms with Gasteiger partial charge in [-0.15, -0.1) is 0 Å². The number of nitrogens with two attached hydrogens (primary N) is 1. The van der Waals surface area contributed by atoms with Crippen LogP contribution in [0.1, 0.15) is 73.1 Å². The molecule has 0 spiro atoms. The number of hydrogen-bond acceptors (Lipinski definition) is 5. The van der Waals surface area contributed by atoms with Crippen LogP contribution in [0.5, 0.6) is 0 Å². The molecule has 0 aromatic rings. The quantitative estimate of drug-likeness (QED) is 0.230. The molecule has 2 saturated carbocycles. The van der Waals surface area contributed by atoms with Crippen LogP contribution in [-0.2, 0) is 19.2 Å². The van der Waals surface area contributed by atoms with Crippen LogP contribution in [0.25, 0.3) is 0 Å². The van der Waals surface area contributed by atoms with E-state index >= 15 is 0 Å². The second-order valence-corrected chi connectivity index (χ2v) is 13.1. The molecule has 3 fully saturated rings. The molecule has 0 bridgehead atoms. The molecule has 1 saturated heterocycles. The molecule has 3 rings (SSSR count). The molecule has 5 N–H and O–H groups in total. The average molecular weight is 586 g/mol. The highest BCUT2D eigenvalue weighted by Crippen LogP contribution is 2.49. The summed E-state index contributed by atoms with van der Waals surface area (Å²) in [6.45, 7) is 12.7. The SMILES string of the molecule is C=C1CN(C(=O)[C@@H](NC(=O)NC2(C(F)(F)F)CC2)C(C)(C)C)[C@H](C(=O)NC(CC2CCC2)C(=O)C(N)=O)C1C(C)C. The van der Waals surface area contributed by atoms with Gasteiger partial charge in [0, 0.05) is 12.5 Å². The van der Waals surface area contributed by atoms with Gasteiger partial charge in [0.25, 0.3) is 5.91 Å². The van der Waals surface area contributed by atoms with E-state index in [4.69, 9.17) is 5.73 Å². The topological polar surface area (TPSA) is 151 Å². The first-order valence-electron chi connectivity index (χ1n) is 14.1. The standard InChI is InChI=1S/C28H42F3N5O5/c1-14(2)18-15(3)13-36(19(18)23(39)33-17(20(37)22(32)38)12-16-8-7-9-16)24(40)21(26(4,5)6)34-25(41)35-27(10-11-27)28(29,30)31/h14,16-19,21H,3,7-13H2,1-2,4-6H3,(H2,32,38)(H,33,39)(H2,34,35,41)/t17?,18?,19-,21+/m0/s1. The fourth-order valence-electron chi connectivity index (χ4n) is 5.72. The van der Waals surface area contributed by atoms with Crippen LogP contribution in [0.15, 0.2) is 12.2 Å². The van der Waals surface area contributed by atoms with Crippen LogP contribution in [0.3, 0.4) is 0 Å². The predicted molar refractivity (Wildman–Crippen MR) is 144 cm³/mol. The van der Waals surface area contributed by atoms with Gasteiger partial charge in [0.15, 0.2) is 0 Å². The van der Waals surface area contributed by atoms with Crippen molar-refractivity contribution in [1.29, 1.82) is 0 Å². The molecular formula is C28H42F3N5O5. The third-order valence-electron chi connectivity index (χ3n) is 8.49. The first-order valence-corrected chi connectivity index (χ1v) is 14.1. The number of halogens is 3. The van der Waals surface area contributed by atoms with Crippen molar-refractivity contribution in [3.8, 4) is 0 Å². The van der Waals surface area contributed by atoms with Crippen LogP contribution in [0.2, 0.25) is 0 Å². The van der Waals surface area contributed by atoms with Gasteiger partial charge in [0.2, 0.25) is 17.6 Å². The minimum Gasteiger partial charge on any atom is -0.363 e. The lowest BCUT2D eigenvalue weighted by Crippen LogP contribution is -2.62. The highest BCUT2D eigenvalue weighted by molar-refractivity contribution is 6.37. The van der Waals surface area contributed by atoms with Crippen LogP contribution < -0.4 is 21.7 Å². The van der Waals surface area contributed by atoms with Gasteiger partial charge in [-0.05, 0) is 36.5 Å². The number of likely N-dealkylation sites (tertiary alicyclic amines) is 1. The predicted octanol–water partition coefficient (Wildman–Crippen LogP) is 2.56.